The van der Waals surface area contributed by atoms with E-state index in [2.05, 4.69) is 10.7 Å². The van der Waals surface area contributed by atoms with Crippen molar-refractivity contribution in [3.8, 4) is 0 Å². The van der Waals surface area contributed by atoms with Crippen LogP contribution < -0.4 is 10.7 Å². The number of carboxylic acid groups (broad SMARTS) is 1. The first-order valence-electron chi connectivity index (χ1n) is 8.29. The smallest absolute Gasteiger partial charge is 0.326 e. The number of aliphatic carboxylic acids is 1. The van der Waals surface area contributed by atoms with E-state index in [0.29, 0.717) is 6.61 Å². The molecule has 0 aromatic carbocycles. The minimum absolute atomic E-state index is 0.0644. The number of dihydropyridines is 1. The van der Waals surface area contributed by atoms with Crippen molar-refractivity contribution in [1.82, 2.24) is 15.8 Å². The average Bonchev–Trinajstić information content (AvgIpc) is 2.94. The Hall–Kier alpha value is -1.95. The first kappa shape index (κ1) is 21.0. The van der Waals surface area contributed by atoms with Gasteiger partial charge in [0.2, 0.25) is 0 Å². The molecule has 2 heterocycles. The minimum Gasteiger partial charge on any atom is -0.480 e. The van der Waals surface area contributed by atoms with Crippen molar-refractivity contribution in [3.63, 3.8) is 0 Å². The van der Waals surface area contributed by atoms with Crippen LogP contribution in [0.3, 0.4) is 0 Å². The summed E-state index contributed by atoms with van der Waals surface area (Å²) < 4.78 is 5.41. The molecule has 132 valence electrons. The van der Waals surface area contributed by atoms with Crippen molar-refractivity contribution in [3.05, 3.63) is 35.4 Å². The highest BCUT2D eigenvalue weighted by Crippen LogP contribution is 2.24. The number of likely N-dealkylation sites (N-methyl/N-ethyl adjacent to an activating group) is 1. The summed E-state index contributed by atoms with van der Waals surface area (Å²) in [6.45, 7) is 12.6. The van der Waals surface area contributed by atoms with Gasteiger partial charge in [0, 0.05) is 7.05 Å². The van der Waals surface area contributed by atoms with Crippen molar-refractivity contribution in [2.45, 2.75) is 53.6 Å². The molecule has 0 radical (unpaired) electrons. The molecular formula is C17H31N3O3. The number of ether oxygens (including phenoxy) is 1. The van der Waals surface area contributed by atoms with Crippen molar-refractivity contribution in [2.75, 3.05) is 13.7 Å². The van der Waals surface area contributed by atoms with Crippen LogP contribution in [0.1, 0.15) is 41.5 Å². The zero-order chi connectivity index (χ0) is 18.0. The SMILES string of the molecule is CC.CC.CCOC1=CC=C(C2=CC(C(=O)O)NN2C)C(C)N1. The van der Waals surface area contributed by atoms with Gasteiger partial charge in [-0.2, -0.15) is 0 Å². The summed E-state index contributed by atoms with van der Waals surface area (Å²) in [5.41, 5.74) is 4.78. The van der Waals surface area contributed by atoms with Crippen molar-refractivity contribution >= 4 is 5.97 Å². The lowest BCUT2D eigenvalue weighted by molar-refractivity contribution is -0.138. The molecule has 0 fully saturated rings. The molecule has 0 aliphatic carbocycles. The average molecular weight is 325 g/mol. The molecular weight excluding hydrogens is 294 g/mol. The lowest BCUT2D eigenvalue weighted by atomic mass is 10.0. The third-order valence-electron chi connectivity index (χ3n) is 3.12. The summed E-state index contributed by atoms with van der Waals surface area (Å²) in [5.74, 6) is -0.146. The van der Waals surface area contributed by atoms with Gasteiger partial charge in [0.1, 0.15) is 6.04 Å². The summed E-state index contributed by atoms with van der Waals surface area (Å²) >= 11 is 0. The van der Waals surface area contributed by atoms with Crippen LogP contribution in [0.15, 0.2) is 35.4 Å². The van der Waals surface area contributed by atoms with Crippen molar-refractivity contribution in [2.24, 2.45) is 0 Å². The zero-order valence-corrected chi connectivity index (χ0v) is 15.3. The van der Waals surface area contributed by atoms with Crippen LogP contribution in [0.4, 0.5) is 0 Å². The molecule has 0 aromatic heterocycles. The van der Waals surface area contributed by atoms with Crippen LogP contribution in [0, 0.1) is 0 Å². The quantitative estimate of drug-likeness (QED) is 0.738. The highest BCUT2D eigenvalue weighted by atomic mass is 16.5. The second-order valence-corrected chi connectivity index (χ2v) is 4.51. The first-order chi connectivity index (χ1) is 11.0. The van der Waals surface area contributed by atoms with Crippen LogP contribution in [0.25, 0.3) is 0 Å². The van der Waals surface area contributed by atoms with E-state index < -0.39 is 12.0 Å². The molecule has 2 rings (SSSR count). The van der Waals surface area contributed by atoms with Gasteiger partial charge in [-0.25, -0.2) is 5.43 Å². The van der Waals surface area contributed by atoms with Crippen LogP contribution in [0.2, 0.25) is 0 Å². The standard InChI is InChI=1S/C13H19N3O3.2C2H6/c1-4-19-12-6-5-9(8(2)14-12)11-7-10(13(17)18)15-16(11)3;2*1-2/h5-8,10,14-15H,4H2,1-3H3,(H,17,18);2*1-2H3. The monoisotopic (exact) mass is 325 g/mol. The molecule has 2 atom stereocenters. The third-order valence-corrected chi connectivity index (χ3v) is 3.12. The fourth-order valence-electron chi connectivity index (χ4n) is 2.20. The van der Waals surface area contributed by atoms with Gasteiger partial charge in [-0.3, -0.25) is 4.79 Å². The maximum absolute atomic E-state index is 11.0. The van der Waals surface area contributed by atoms with E-state index in [4.69, 9.17) is 9.84 Å². The van der Waals surface area contributed by atoms with E-state index >= 15 is 0 Å². The fourth-order valence-corrected chi connectivity index (χ4v) is 2.20. The molecule has 0 saturated heterocycles. The highest BCUT2D eigenvalue weighted by molar-refractivity contribution is 5.77. The predicted molar refractivity (Wildman–Crippen MR) is 93.5 cm³/mol. The van der Waals surface area contributed by atoms with E-state index in [9.17, 15) is 4.79 Å². The summed E-state index contributed by atoms with van der Waals surface area (Å²) in [7, 11) is 1.81. The number of allylic oxidation sites excluding steroid dienone is 2. The van der Waals surface area contributed by atoms with Gasteiger partial charge >= 0.3 is 5.97 Å². The maximum atomic E-state index is 11.0. The van der Waals surface area contributed by atoms with E-state index in [0.717, 1.165) is 17.2 Å². The Bertz CT molecular complexity index is 470. The summed E-state index contributed by atoms with van der Waals surface area (Å²) in [6, 6.07) is -0.611. The Balaban J connectivity index is 0.00000112. The number of nitrogens with zero attached hydrogens (tertiary/aromatic N) is 1. The predicted octanol–water partition coefficient (Wildman–Crippen LogP) is 2.62. The van der Waals surface area contributed by atoms with Gasteiger partial charge in [0.25, 0.3) is 0 Å². The highest BCUT2D eigenvalue weighted by Gasteiger charge is 2.29. The first-order valence-corrected chi connectivity index (χ1v) is 8.29. The molecule has 0 saturated carbocycles. The van der Waals surface area contributed by atoms with Crippen LogP contribution in [0.5, 0.6) is 0 Å². The number of hydrogen-bond donors (Lipinski definition) is 3. The van der Waals surface area contributed by atoms with Crippen LogP contribution in [-0.2, 0) is 9.53 Å². The molecule has 0 aromatic rings. The molecule has 2 unspecified atom stereocenters. The molecule has 2 aliphatic heterocycles. The number of carboxylic acids is 1. The number of rotatable bonds is 4. The van der Waals surface area contributed by atoms with E-state index in [1.54, 1.807) is 11.1 Å². The Labute approximate surface area is 139 Å². The molecule has 0 spiro atoms. The normalized spacial score (nSPS) is 22.2. The molecule has 6 heteroatoms. The summed E-state index contributed by atoms with van der Waals surface area (Å²) in [5, 5.41) is 14.0. The Morgan fingerprint density at radius 3 is 2.35 bits per heavy atom. The molecule has 0 bridgehead atoms. The molecule has 6 nitrogen and oxygen atoms in total. The van der Waals surface area contributed by atoms with Crippen molar-refractivity contribution < 1.29 is 14.6 Å². The fraction of sp³-hybridized carbons (Fsp3) is 0.588. The van der Waals surface area contributed by atoms with E-state index in [1.807, 2.05) is 60.7 Å². The molecule has 2 aliphatic rings. The lowest BCUT2D eigenvalue weighted by Crippen LogP contribution is -2.40. The number of hydrazine groups is 1. The van der Waals surface area contributed by atoms with Gasteiger partial charge in [-0.15, -0.1) is 0 Å². The van der Waals surface area contributed by atoms with Gasteiger partial charge in [-0.05, 0) is 37.6 Å². The topological polar surface area (TPSA) is 73.8 Å². The second-order valence-electron chi connectivity index (χ2n) is 4.51. The second kappa shape index (κ2) is 10.7. The van der Waals surface area contributed by atoms with Crippen LogP contribution >= 0.6 is 0 Å². The Morgan fingerprint density at radius 1 is 1.30 bits per heavy atom. The third kappa shape index (κ3) is 5.63. The van der Waals surface area contributed by atoms with E-state index in [1.165, 1.54) is 0 Å². The largest absolute Gasteiger partial charge is 0.480 e. The van der Waals surface area contributed by atoms with Gasteiger partial charge in [-0.1, -0.05) is 27.7 Å². The Morgan fingerprint density at radius 2 is 1.91 bits per heavy atom. The lowest BCUT2D eigenvalue weighted by Gasteiger charge is -2.27. The van der Waals surface area contributed by atoms with Gasteiger partial charge < -0.3 is 20.2 Å². The number of carbonyl (C=O) groups is 1. The Kier molecular flexibility index (Phi) is 9.81. The molecule has 3 N–H and O–H groups in total. The number of hydrogen-bond acceptors (Lipinski definition) is 5. The van der Waals surface area contributed by atoms with Gasteiger partial charge in [0.15, 0.2) is 5.88 Å². The van der Waals surface area contributed by atoms with Crippen LogP contribution in [-0.4, -0.2) is 41.8 Å². The zero-order valence-electron chi connectivity index (χ0n) is 15.3. The number of nitrogens with one attached hydrogen (secondary N) is 2. The molecule has 0 amide bonds. The summed E-state index contributed by atoms with van der Waals surface area (Å²) in [6.07, 6.45) is 5.54. The van der Waals surface area contributed by atoms with Gasteiger partial charge in [0.05, 0.1) is 18.3 Å². The molecule has 23 heavy (non-hydrogen) atoms. The minimum atomic E-state index is -0.885. The maximum Gasteiger partial charge on any atom is 0.326 e. The van der Waals surface area contributed by atoms with E-state index in [-0.39, 0.29) is 6.04 Å². The summed E-state index contributed by atoms with van der Waals surface area (Å²) in [4.78, 5) is 11.0. The van der Waals surface area contributed by atoms with Crippen molar-refractivity contribution in [1.29, 1.82) is 0 Å².